The minimum absolute atomic E-state index is 0.323. The lowest BCUT2D eigenvalue weighted by Crippen LogP contribution is -2.52. The van der Waals surface area contributed by atoms with Crippen LogP contribution >= 0.6 is 0 Å². The van der Waals surface area contributed by atoms with Crippen molar-refractivity contribution in [3.8, 4) is 0 Å². The maximum absolute atomic E-state index is 11.8. The predicted octanol–water partition coefficient (Wildman–Crippen LogP) is 1.21. The Morgan fingerprint density at radius 1 is 1.16 bits per heavy atom. The van der Waals surface area contributed by atoms with Crippen LogP contribution in [0.15, 0.2) is 36.5 Å². The number of amides is 4. The lowest BCUT2D eigenvalue weighted by Gasteiger charge is -2.24. The Labute approximate surface area is 108 Å². The number of nitrogens with one attached hydrogen (secondary N) is 1. The molecule has 2 heterocycles. The first-order chi connectivity index (χ1) is 9.15. The smallest absolute Gasteiger partial charge is 0.277 e. The zero-order valence-electron chi connectivity index (χ0n) is 9.79. The molecular formula is C13H9N3O3. The SMILES string of the molecule is O=C1CC(=O)N(c2ccc3ncccc3c2)C(=O)N1. The summed E-state index contributed by atoms with van der Waals surface area (Å²) in [6.07, 6.45) is 1.34. The summed E-state index contributed by atoms with van der Waals surface area (Å²) in [4.78, 5) is 39.7. The van der Waals surface area contributed by atoms with Gasteiger partial charge < -0.3 is 0 Å². The van der Waals surface area contributed by atoms with Crippen molar-refractivity contribution in [3.05, 3.63) is 36.5 Å². The molecule has 1 aromatic heterocycles. The first-order valence-corrected chi connectivity index (χ1v) is 5.67. The molecule has 6 heteroatoms. The van der Waals surface area contributed by atoms with Crippen molar-refractivity contribution in [3.63, 3.8) is 0 Å². The van der Waals surface area contributed by atoms with Crippen molar-refractivity contribution in [2.24, 2.45) is 0 Å². The van der Waals surface area contributed by atoms with Crippen LogP contribution in [0, 0.1) is 0 Å². The Hall–Kier alpha value is -2.76. The van der Waals surface area contributed by atoms with Crippen LogP contribution in [0.25, 0.3) is 10.9 Å². The molecular weight excluding hydrogens is 246 g/mol. The van der Waals surface area contributed by atoms with Gasteiger partial charge in [-0.25, -0.2) is 9.69 Å². The summed E-state index contributed by atoms with van der Waals surface area (Å²) in [7, 11) is 0. The highest BCUT2D eigenvalue weighted by molar-refractivity contribution is 6.26. The molecule has 4 amide bonds. The van der Waals surface area contributed by atoms with Crippen molar-refractivity contribution in [1.82, 2.24) is 10.3 Å². The molecule has 0 radical (unpaired) electrons. The Balaban J connectivity index is 2.06. The average molecular weight is 255 g/mol. The fourth-order valence-corrected chi connectivity index (χ4v) is 2.01. The molecule has 1 aromatic carbocycles. The number of imide groups is 2. The van der Waals surface area contributed by atoms with Crippen molar-refractivity contribution in [2.75, 3.05) is 4.90 Å². The van der Waals surface area contributed by atoms with E-state index >= 15 is 0 Å². The molecule has 0 unspecified atom stereocenters. The second-order valence-corrected chi connectivity index (χ2v) is 4.14. The van der Waals surface area contributed by atoms with E-state index < -0.39 is 17.8 Å². The highest BCUT2D eigenvalue weighted by Crippen LogP contribution is 2.22. The van der Waals surface area contributed by atoms with E-state index in [9.17, 15) is 14.4 Å². The number of barbiturate groups is 1. The monoisotopic (exact) mass is 255 g/mol. The molecule has 0 atom stereocenters. The van der Waals surface area contributed by atoms with Crippen LogP contribution in [0.4, 0.5) is 10.5 Å². The van der Waals surface area contributed by atoms with Gasteiger partial charge in [0.15, 0.2) is 0 Å². The van der Waals surface area contributed by atoms with Crippen LogP contribution in [0.2, 0.25) is 0 Å². The fraction of sp³-hybridized carbons (Fsp3) is 0.0769. The van der Waals surface area contributed by atoms with Crippen LogP contribution in [0.3, 0.4) is 0 Å². The summed E-state index contributed by atoms with van der Waals surface area (Å²) in [5.74, 6) is -1.11. The molecule has 0 saturated carbocycles. The summed E-state index contributed by atoms with van der Waals surface area (Å²) < 4.78 is 0. The molecule has 3 rings (SSSR count). The number of benzene rings is 1. The molecule has 1 saturated heterocycles. The van der Waals surface area contributed by atoms with E-state index in [1.165, 1.54) is 0 Å². The Kier molecular flexibility index (Phi) is 2.49. The molecule has 19 heavy (non-hydrogen) atoms. The molecule has 0 spiro atoms. The first-order valence-electron chi connectivity index (χ1n) is 5.67. The molecule has 6 nitrogen and oxygen atoms in total. The summed E-state index contributed by atoms with van der Waals surface area (Å²) in [6, 6.07) is 7.93. The highest BCUT2D eigenvalue weighted by atomic mass is 16.2. The maximum atomic E-state index is 11.8. The second kappa shape index (κ2) is 4.16. The minimum Gasteiger partial charge on any atom is -0.277 e. The predicted molar refractivity (Wildman–Crippen MR) is 67.4 cm³/mol. The number of fused-ring (bicyclic) bond motifs is 1. The first kappa shape index (κ1) is 11.3. The third-order valence-corrected chi connectivity index (χ3v) is 2.86. The fourth-order valence-electron chi connectivity index (χ4n) is 2.01. The minimum atomic E-state index is -0.718. The van der Waals surface area contributed by atoms with E-state index in [1.54, 1.807) is 30.5 Å². The number of carbonyl (C=O) groups excluding carboxylic acids is 3. The van der Waals surface area contributed by atoms with E-state index in [4.69, 9.17) is 0 Å². The highest BCUT2D eigenvalue weighted by Gasteiger charge is 2.31. The van der Waals surface area contributed by atoms with Crippen LogP contribution in [-0.4, -0.2) is 22.8 Å². The topological polar surface area (TPSA) is 79.4 Å². The zero-order valence-corrected chi connectivity index (χ0v) is 9.79. The lowest BCUT2D eigenvalue weighted by atomic mass is 10.1. The van der Waals surface area contributed by atoms with E-state index in [2.05, 4.69) is 10.3 Å². The van der Waals surface area contributed by atoms with Crippen LogP contribution < -0.4 is 10.2 Å². The van der Waals surface area contributed by atoms with Crippen LogP contribution in [0.5, 0.6) is 0 Å². The van der Waals surface area contributed by atoms with Crippen molar-refractivity contribution in [1.29, 1.82) is 0 Å². The molecule has 1 aliphatic heterocycles. The largest absolute Gasteiger partial charge is 0.335 e. The quantitative estimate of drug-likeness (QED) is 0.777. The maximum Gasteiger partial charge on any atom is 0.335 e. The van der Waals surface area contributed by atoms with E-state index in [-0.39, 0.29) is 6.42 Å². The third kappa shape index (κ3) is 1.93. The van der Waals surface area contributed by atoms with Gasteiger partial charge in [-0.1, -0.05) is 6.07 Å². The van der Waals surface area contributed by atoms with Gasteiger partial charge in [-0.15, -0.1) is 0 Å². The molecule has 1 N–H and O–H groups in total. The molecule has 1 fully saturated rings. The number of nitrogens with zero attached hydrogens (tertiary/aromatic N) is 2. The number of hydrogen-bond donors (Lipinski definition) is 1. The van der Waals surface area contributed by atoms with Gasteiger partial charge in [-0.05, 0) is 24.3 Å². The number of carbonyl (C=O) groups is 3. The number of pyridine rings is 1. The van der Waals surface area contributed by atoms with Gasteiger partial charge in [0.25, 0.3) is 0 Å². The Morgan fingerprint density at radius 2 is 2.00 bits per heavy atom. The standard InChI is InChI=1S/C13H9N3O3/c17-11-7-12(18)16(13(19)15-11)9-3-4-10-8(6-9)2-1-5-14-10/h1-6H,7H2,(H,15,17,19). The Morgan fingerprint density at radius 3 is 2.79 bits per heavy atom. The summed E-state index contributed by atoms with van der Waals surface area (Å²) in [5, 5.41) is 2.94. The van der Waals surface area contributed by atoms with Crippen molar-refractivity contribution < 1.29 is 14.4 Å². The van der Waals surface area contributed by atoms with E-state index in [0.717, 1.165) is 15.8 Å². The number of urea groups is 1. The summed E-state index contributed by atoms with van der Waals surface area (Å²) in [6.45, 7) is 0. The van der Waals surface area contributed by atoms with Gasteiger partial charge in [0.05, 0.1) is 11.2 Å². The van der Waals surface area contributed by atoms with Gasteiger partial charge >= 0.3 is 6.03 Å². The van der Waals surface area contributed by atoms with Crippen molar-refractivity contribution in [2.45, 2.75) is 6.42 Å². The Bertz CT molecular complexity index is 691. The van der Waals surface area contributed by atoms with Gasteiger partial charge in [0, 0.05) is 11.6 Å². The van der Waals surface area contributed by atoms with Gasteiger partial charge in [0.1, 0.15) is 6.42 Å². The molecule has 94 valence electrons. The third-order valence-electron chi connectivity index (χ3n) is 2.86. The van der Waals surface area contributed by atoms with Crippen molar-refractivity contribution >= 4 is 34.4 Å². The second-order valence-electron chi connectivity index (χ2n) is 4.14. The van der Waals surface area contributed by atoms with Gasteiger partial charge in [-0.2, -0.15) is 0 Å². The van der Waals surface area contributed by atoms with Crippen LogP contribution in [0.1, 0.15) is 6.42 Å². The summed E-state index contributed by atoms with van der Waals surface area (Å²) >= 11 is 0. The van der Waals surface area contributed by atoms with E-state index in [1.807, 2.05) is 6.07 Å². The normalized spacial score (nSPS) is 15.8. The number of hydrogen-bond acceptors (Lipinski definition) is 4. The lowest BCUT2D eigenvalue weighted by molar-refractivity contribution is -0.128. The molecule has 0 bridgehead atoms. The zero-order chi connectivity index (χ0) is 13.4. The number of rotatable bonds is 1. The van der Waals surface area contributed by atoms with E-state index in [0.29, 0.717) is 5.69 Å². The van der Waals surface area contributed by atoms with Crippen LogP contribution in [-0.2, 0) is 9.59 Å². The number of anilines is 1. The average Bonchev–Trinajstić information content (AvgIpc) is 2.37. The summed E-state index contributed by atoms with van der Waals surface area (Å²) in [5.41, 5.74) is 1.20. The molecule has 0 aliphatic carbocycles. The number of aromatic nitrogens is 1. The molecule has 1 aliphatic rings. The van der Waals surface area contributed by atoms with Gasteiger partial charge in [0.2, 0.25) is 11.8 Å². The molecule has 2 aromatic rings. The van der Waals surface area contributed by atoms with Gasteiger partial charge in [-0.3, -0.25) is 19.9 Å².